The summed E-state index contributed by atoms with van der Waals surface area (Å²) >= 11 is 0. The van der Waals surface area contributed by atoms with Gasteiger partial charge in [0.15, 0.2) is 0 Å². The van der Waals surface area contributed by atoms with E-state index in [1.54, 1.807) is 6.08 Å². The van der Waals surface area contributed by atoms with Crippen LogP contribution in [0.3, 0.4) is 0 Å². The molecule has 0 aliphatic carbocycles. The Bertz CT molecular complexity index is 198. The first-order valence-electron chi connectivity index (χ1n) is 5.10. The highest BCUT2D eigenvalue weighted by Crippen LogP contribution is 2.30. The maximum absolute atomic E-state index is 9.35. The lowest BCUT2D eigenvalue weighted by Crippen LogP contribution is -2.26. The van der Waals surface area contributed by atoms with Crippen molar-refractivity contribution < 1.29 is 20.3 Å². The van der Waals surface area contributed by atoms with Gasteiger partial charge in [-0.25, -0.2) is 0 Å². The normalized spacial score (nSPS) is 16.7. The van der Waals surface area contributed by atoms with E-state index in [4.69, 9.17) is 15.2 Å². The molecule has 0 aliphatic heterocycles. The summed E-state index contributed by atoms with van der Waals surface area (Å²) in [6.07, 6.45) is 1.31. The van der Waals surface area contributed by atoms with E-state index in [-0.39, 0.29) is 17.9 Å². The van der Waals surface area contributed by atoms with Gasteiger partial charge in [0, 0.05) is 0 Å². The van der Waals surface area contributed by atoms with Crippen LogP contribution < -0.4 is 0 Å². The van der Waals surface area contributed by atoms with E-state index in [1.807, 2.05) is 20.8 Å². The molecular formula is C10H21BO4. The molecule has 5 heteroatoms. The Labute approximate surface area is 91.4 Å². The second-order valence-corrected chi connectivity index (χ2v) is 4.84. The van der Waals surface area contributed by atoms with Crippen molar-refractivity contribution >= 4 is 7.12 Å². The maximum Gasteiger partial charge on any atom is 0.480 e. The van der Waals surface area contributed by atoms with Crippen LogP contribution in [-0.4, -0.2) is 40.1 Å². The average molecular weight is 216 g/mol. The van der Waals surface area contributed by atoms with Crippen LogP contribution in [0.5, 0.6) is 0 Å². The molecule has 0 aromatic heterocycles. The summed E-state index contributed by atoms with van der Waals surface area (Å²) in [6.45, 7) is 5.71. The number of rotatable bonds is 5. The zero-order valence-electron chi connectivity index (χ0n) is 9.59. The van der Waals surface area contributed by atoms with Gasteiger partial charge in [-0.15, -0.1) is 0 Å². The number of aliphatic hydroxyl groups excluding tert-OH is 2. The first-order valence-corrected chi connectivity index (χ1v) is 5.10. The third kappa shape index (κ3) is 6.68. The summed E-state index contributed by atoms with van der Waals surface area (Å²) in [5, 5.41) is 35.5. The molecule has 2 atom stereocenters. The molecule has 0 saturated carbocycles. The molecule has 0 saturated heterocycles. The summed E-state index contributed by atoms with van der Waals surface area (Å²) in [5.74, 6) is 1.27. The van der Waals surface area contributed by atoms with Crippen LogP contribution in [0.1, 0.15) is 27.2 Å². The number of hydrogen-bond donors (Lipinski definition) is 4. The summed E-state index contributed by atoms with van der Waals surface area (Å²) in [6, 6.07) is 0. The van der Waals surface area contributed by atoms with E-state index in [0.29, 0.717) is 6.42 Å². The van der Waals surface area contributed by atoms with Gasteiger partial charge in [-0.2, -0.15) is 0 Å². The molecule has 0 aromatic rings. The minimum absolute atomic E-state index is 0.0125. The third-order valence-electron chi connectivity index (χ3n) is 2.36. The van der Waals surface area contributed by atoms with Crippen molar-refractivity contribution in [2.24, 2.45) is 11.3 Å². The molecule has 15 heavy (non-hydrogen) atoms. The van der Waals surface area contributed by atoms with Crippen LogP contribution in [0.15, 0.2) is 12.1 Å². The van der Waals surface area contributed by atoms with Gasteiger partial charge in [-0.1, -0.05) is 32.8 Å². The summed E-state index contributed by atoms with van der Waals surface area (Å²) in [7, 11) is -1.47. The molecule has 0 rings (SSSR count). The summed E-state index contributed by atoms with van der Waals surface area (Å²) < 4.78 is 0. The van der Waals surface area contributed by atoms with Gasteiger partial charge < -0.3 is 20.3 Å². The second-order valence-electron chi connectivity index (χ2n) is 4.84. The molecular weight excluding hydrogens is 195 g/mol. The molecule has 0 aromatic carbocycles. The van der Waals surface area contributed by atoms with Crippen LogP contribution in [0, 0.1) is 11.3 Å². The lowest BCUT2D eigenvalue weighted by molar-refractivity contribution is 0.0639. The molecule has 4 nitrogen and oxygen atoms in total. The Morgan fingerprint density at radius 2 is 1.80 bits per heavy atom. The van der Waals surface area contributed by atoms with Gasteiger partial charge in [0.25, 0.3) is 0 Å². The monoisotopic (exact) mass is 216 g/mol. The Morgan fingerprint density at radius 1 is 1.27 bits per heavy atom. The molecule has 88 valence electrons. The van der Waals surface area contributed by atoms with Crippen LogP contribution in [0.25, 0.3) is 0 Å². The fraction of sp³-hybridized carbons (Fsp3) is 0.800. The van der Waals surface area contributed by atoms with E-state index < -0.39 is 13.2 Å². The highest BCUT2D eigenvalue weighted by atomic mass is 16.4. The van der Waals surface area contributed by atoms with Crippen molar-refractivity contribution in [2.75, 3.05) is 6.61 Å². The topological polar surface area (TPSA) is 80.9 Å². The largest absolute Gasteiger partial charge is 0.480 e. The minimum atomic E-state index is -1.47. The molecule has 0 aliphatic rings. The zero-order valence-corrected chi connectivity index (χ0v) is 9.59. The van der Waals surface area contributed by atoms with Crippen molar-refractivity contribution in [3.8, 4) is 0 Å². The van der Waals surface area contributed by atoms with E-state index in [9.17, 15) is 5.11 Å². The lowest BCUT2D eigenvalue weighted by atomic mass is 9.75. The van der Waals surface area contributed by atoms with Gasteiger partial charge in [0.2, 0.25) is 0 Å². The number of hydrogen-bond acceptors (Lipinski definition) is 4. The van der Waals surface area contributed by atoms with E-state index in [1.165, 1.54) is 5.98 Å². The van der Waals surface area contributed by atoms with Gasteiger partial charge in [-0.05, 0) is 17.8 Å². The predicted molar refractivity (Wildman–Crippen MR) is 60.0 cm³/mol. The van der Waals surface area contributed by atoms with Crippen molar-refractivity contribution in [3.63, 3.8) is 0 Å². The van der Waals surface area contributed by atoms with Crippen molar-refractivity contribution in [1.82, 2.24) is 0 Å². The first kappa shape index (κ1) is 14.6. The smallest absolute Gasteiger partial charge is 0.424 e. The van der Waals surface area contributed by atoms with E-state index >= 15 is 0 Å². The predicted octanol–water partition coefficient (Wildman–Crippen LogP) is -0.0398. The van der Waals surface area contributed by atoms with Gasteiger partial charge >= 0.3 is 7.12 Å². The molecule has 0 radical (unpaired) electrons. The van der Waals surface area contributed by atoms with Crippen molar-refractivity contribution in [3.05, 3.63) is 12.1 Å². The standard InChI is InChI=1S/C10H21BO4/c1-10(2,3)8(4-5-11(14)15)6-9(13)7-12/h4-5,8-9,12-15H,6-7H2,1-3H3/b5-4+. The fourth-order valence-electron chi connectivity index (χ4n) is 1.32. The number of allylic oxidation sites excluding steroid dienone is 1. The Morgan fingerprint density at radius 3 is 2.13 bits per heavy atom. The number of aliphatic hydroxyl groups is 2. The third-order valence-corrected chi connectivity index (χ3v) is 2.36. The van der Waals surface area contributed by atoms with Crippen LogP contribution >= 0.6 is 0 Å². The molecule has 0 amide bonds. The molecule has 4 N–H and O–H groups in total. The highest BCUT2D eigenvalue weighted by molar-refractivity contribution is 6.47. The Balaban J connectivity index is 4.46. The SMILES string of the molecule is CC(C)(C)C(/C=C/B(O)O)CC(O)CO. The average Bonchev–Trinajstić information content (AvgIpc) is 2.09. The first-order chi connectivity index (χ1) is 6.77. The van der Waals surface area contributed by atoms with Gasteiger partial charge in [-0.3, -0.25) is 0 Å². The van der Waals surface area contributed by atoms with Crippen molar-refractivity contribution in [2.45, 2.75) is 33.3 Å². The molecule has 0 spiro atoms. The zero-order chi connectivity index (χ0) is 12.1. The lowest BCUT2D eigenvalue weighted by Gasteiger charge is -2.29. The molecule has 2 unspecified atom stereocenters. The van der Waals surface area contributed by atoms with Gasteiger partial charge in [0.05, 0.1) is 12.7 Å². The van der Waals surface area contributed by atoms with E-state index in [0.717, 1.165) is 0 Å². The quantitative estimate of drug-likeness (QED) is 0.486. The fourth-order valence-corrected chi connectivity index (χ4v) is 1.32. The highest BCUT2D eigenvalue weighted by Gasteiger charge is 2.24. The maximum atomic E-state index is 9.35. The van der Waals surface area contributed by atoms with Crippen molar-refractivity contribution in [1.29, 1.82) is 0 Å². The van der Waals surface area contributed by atoms with Crippen LogP contribution in [0.4, 0.5) is 0 Å². The summed E-state index contributed by atoms with van der Waals surface area (Å²) in [4.78, 5) is 0. The van der Waals surface area contributed by atoms with Gasteiger partial charge in [0.1, 0.15) is 0 Å². The Kier molecular flexibility index (Phi) is 6.13. The molecule has 0 fully saturated rings. The Hall–Kier alpha value is -0.355. The van der Waals surface area contributed by atoms with Crippen LogP contribution in [-0.2, 0) is 0 Å². The van der Waals surface area contributed by atoms with Crippen LogP contribution in [0.2, 0.25) is 0 Å². The minimum Gasteiger partial charge on any atom is -0.424 e. The molecule has 0 bridgehead atoms. The second kappa shape index (κ2) is 6.28. The summed E-state index contributed by atoms with van der Waals surface area (Å²) in [5.41, 5.74) is -0.0957. The van der Waals surface area contributed by atoms with E-state index in [2.05, 4.69) is 0 Å². The molecule has 0 heterocycles.